The van der Waals surface area contributed by atoms with Gasteiger partial charge in [-0.15, -0.1) is 0 Å². The molecule has 1 aliphatic rings. The Morgan fingerprint density at radius 1 is 1.24 bits per heavy atom. The summed E-state index contributed by atoms with van der Waals surface area (Å²) in [5, 5.41) is 2.67. The molecule has 0 saturated carbocycles. The lowest BCUT2D eigenvalue weighted by Gasteiger charge is -2.44. The summed E-state index contributed by atoms with van der Waals surface area (Å²) in [6, 6.07) is 0.714. The van der Waals surface area contributed by atoms with E-state index in [2.05, 4.69) is 24.1 Å². The Balaban J connectivity index is 2.40. The van der Waals surface area contributed by atoms with Crippen molar-refractivity contribution < 1.29 is 14.3 Å². The molecule has 1 heterocycles. The minimum atomic E-state index is -0.0903. The van der Waals surface area contributed by atoms with E-state index in [0.717, 1.165) is 32.7 Å². The van der Waals surface area contributed by atoms with Gasteiger partial charge in [0.15, 0.2) is 0 Å². The number of nitrogens with zero attached hydrogens (tertiary/aromatic N) is 2. The topological polar surface area (TPSA) is 61.9 Å². The van der Waals surface area contributed by atoms with Gasteiger partial charge in [0.05, 0.1) is 0 Å². The SMILES string of the molecule is COCCCN1C(C)CN(C(=O)CCNC(C)=O)CC1C. The van der Waals surface area contributed by atoms with Crippen molar-refractivity contribution in [3.8, 4) is 0 Å². The molecule has 1 rings (SSSR count). The molecule has 0 aromatic carbocycles. The molecule has 0 spiro atoms. The first-order valence-corrected chi connectivity index (χ1v) is 7.72. The van der Waals surface area contributed by atoms with Crippen molar-refractivity contribution in [3.63, 3.8) is 0 Å². The van der Waals surface area contributed by atoms with Crippen molar-refractivity contribution in [2.45, 2.75) is 45.7 Å². The van der Waals surface area contributed by atoms with Crippen molar-refractivity contribution in [2.24, 2.45) is 0 Å². The minimum Gasteiger partial charge on any atom is -0.385 e. The van der Waals surface area contributed by atoms with Gasteiger partial charge in [-0.1, -0.05) is 0 Å². The van der Waals surface area contributed by atoms with Gasteiger partial charge < -0.3 is 15.0 Å². The highest BCUT2D eigenvalue weighted by Gasteiger charge is 2.30. The number of methoxy groups -OCH3 is 1. The second-order valence-electron chi connectivity index (χ2n) is 5.81. The van der Waals surface area contributed by atoms with Crippen LogP contribution in [0.4, 0.5) is 0 Å². The largest absolute Gasteiger partial charge is 0.385 e. The summed E-state index contributed by atoms with van der Waals surface area (Å²) in [7, 11) is 1.72. The minimum absolute atomic E-state index is 0.0903. The number of hydrogen-bond donors (Lipinski definition) is 1. The van der Waals surface area contributed by atoms with Gasteiger partial charge in [-0.2, -0.15) is 0 Å². The van der Waals surface area contributed by atoms with E-state index < -0.39 is 0 Å². The number of hydrogen-bond acceptors (Lipinski definition) is 4. The van der Waals surface area contributed by atoms with Crippen molar-refractivity contribution in [3.05, 3.63) is 0 Å². The van der Waals surface area contributed by atoms with Gasteiger partial charge in [0.2, 0.25) is 11.8 Å². The third-order valence-corrected chi connectivity index (χ3v) is 3.93. The van der Waals surface area contributed by atoms with Crippen LogP contribution in [0.5, 0.6) is 0 Å². The molecule has 0 radical (unpaired) electrons. The van der Waals surface area contributed by atoms with Gasteiger partial charge in [-0.05, 0) is 20.3 Å². The lowest BCUT2D eigenvalue weighted by atomic mass is 10.1. The highest BCUT2D eigenvalue weighted by atomic mass is 16.5. The molecule has 2 atom stereocenters. The summed E-state index contributed by atoms with van der Waals surface area (Å²) < 4.78 is 5.10. The van der Waals surface area contributed by atoms with Crippen LogP contribution in [0, 0.1) is 0 Å². The van der Waals surface area contributed by atoms with Gasteiger partial charge >= 0.3 is 0 Å². The zero-order valence-corrected chi connectivity index (χ0v) is 13.7. The first kappa shape index (κ1) is 17.9. The molecule has 2 unspecified atom stereocenters. The van der Waals surface area contributed by atoms with Crippen LogP contribution in [0.25, 0.3) is 0 Å². The lowest BCUT2D eigenvalue weighted by molar-refractivity contribution is -0.135. The lowest BCUT2D eigenvalue weighted by Crippen LogP contribution is -2.58. The van der Waals surface area contributed by atoms with E-state index in [0.29, 0.717) is 25.0 Å². The first-order valence-electron chi connectivity index (χ1n) is 7.72. The van der Waals surface area contributed by atoms with E-state index >= 15 is 0 Å². The Bertz CT molecular complexity index is 337. The van der Waals surface area contributed by atoms with E-state index in [9.17, 15) is 9.59 Å². The highest BCUT2D eigenvalue weighted by Crippen LogP contribution is 2.16. The number of rotatable bonds is 7. The molecule has 1 N–H and O–H groups in total. The normalized spacial score (nSPS) is 23.1. The maximum atomic E-state index is 12.2. The van der Waals surface area contributed by atoms with Crippen LogP contribution in [-0.2, 0) is 14.3 Å². The quantitative estimate of drug-likeness (QED) is 0.694. The fraction of sp³-hybridized carbons (Fsp3) is 0.867. The third kappa shape index (κ3) is 6.01. The summed E-state index contributed by atoms with van der Waals surface area (Å²) in [4.78, 5) is 27.4. The Morgan fingerprint density at radius 2 is 1.86 bits per heavy atom. The summed E-state index contributed by atoms with van der Waals surface area (Å²) in [6.07, 6.45) is 1.39. The van der Waals surface area contributed by atoms with Crippen molar-refractivity contribution >= 4 is 11.8 Å². The smallest absolute Gasteiger partial charge is 0.224 e. The molecule has 1 saturated heterocycles. The molecule has 1 aliphatic heterocycles. The molecule has 21 heavy (non-hydrogen) atoms. The van der Waals surface area contributed by atoms with Crippen molar-refractivity contribution in [2.75, 3.05) is 39.9 Å². The number of piperazine rings is 1. The maximum absolute atomic E-state index is 12.2. The Kier molecular flexibility index (Phi) is 7.67. The van der Waals surface area contributed by atoms with Gasteiger partial charge in [0, 0.05) is 65.3 Å². The number of nitrogens with one attached hydrogen (secondary N) is 1. The molecule has 6 heteroatoms. The number of amides is 2. The van der Waals surface area contributed by atoms with E-state index in [1.165, 1.54) is 6.92 Å². The predicted octanol–water partition coefficient (Wildman–Crippen LogP) is 0.470. The van der Waals surface area contributed by atoms with Gasteiger partial charge in [-0.25, -0.2) is 0 Å². The van der Waals surface area contributed by atoms with Crippen LogP contribution in [0.1, 0.15) is 33.6 Å². The molecule has 6 nitrogen and oxygen atoms in total. The van der Waals surface area contributed by atoms with Crippen LogP contribution < -0.4 is 5.32 Å². The predicted molar refractivity (Wildman–Crippen MR) is 82.0 cm³/mol. The van der Waals surface area contributed by atoms with Crippen molar-refractivity contribution in [1.29, 1.82) is 0 Å². The second-order valence-corrected chi connectivity index (χ2v) is 5.81. The average molecular weight is 299 g/mol. The Hall–Kier alpha value is -1.14. The van der Waals surface area contributed by atoms with E-state index in [1.807, 2.05) is 4.90 Å². The van der Waals surface area contributed by atoms with Crippen LogP contribution in [0.3, 0.4) is 0 Å². The second kappa shape index (κ2) is 9.00. The van der Waals surface area contributed by atoms with Gasteiger partial charge in [-0.3, -0.25) is 14.5 Å². The molecule has 0 aromatic rings. The van der Waals surface area contributed by atoms with Gasteiger partial charge in [0.25, 0.3) is 0 Å². The summed E-state index contributed by atoms with van der Waals surface area (Å²) in [5.74, 6) is 0.0338. The molecule has 0 bridgehead atoms. The van der Waals surface area contributed by atoms with Crippen LogP contribution in [-0.4, -0.2) is 73.6 Å². The van der Waals surface area contributed by atoms with Crippen LogP contribution in [0.15, 0.2) is 0 Å². The fourth-order valence-electron chi connectivity index (χ4n) is 2.90. The summed E-state index contributed by atoms with van der Waals surface area (Å²) in [6.45, 7) is 9.51. The van der Waals surface area contributed by atoms with Crippen LogP contribution in [0.2, 0.25) is 0 Å². The zero-order chi connectivity index (χ0) is 15.8. The van der Waals surface area contributed by atoms with Gasteiger partial charge in [0.1, 0.15) is 0 Å². The maximum Gasteiger partial charge on any atom is 0.224 e. The summed E-state index contributed by atoms with van der Waals surface area (Å²) >= 11 is 0. The monoisotopic (exact) mass is 299 g/mol. The number of carbonyl (C=O) groups is 2. The molecule has 1 fully saturated rings. The van der Waals surface area contributed by atoms with E-state index in [1.54, 1.807) is 7.11 Å². The molecular formula is C15H29N3O3. The molecule has 0 aromatic heterocycles. The average Bonchev–Trinajstić information content (AvgIpc) is 2.41. The van der Waals surface area contributed by atoms with Crippen molar-refractivity contribution in [1.82, 2.24) is 15.1 Å². The zero-order valence-electron chi connectivity index (χ0n) is 13.7. The van der Waals surface area contributed by atoms with E-state index in [4.69, 9.17) is 4.74 Å². The standard InChI is InChI=1S/C15H29N3O3/c1-12-10-17(15(20)6-7-16-14(3)19)11-13(2)18(12)8-5-9-21-4/h12-13H,5-11H2,1-4H3,(H,16,19). The fourth-order valence-corrected chi connectivity index (χ4v) is 2.90. The molecular weight excluding hydrogens is 270 g/mol. The number of ether oxygens (including phenoxy) is 1. The molecule has 0 aliphatic carbocycles. The third-order valence-electron chi connectivity index (χ3n) is 3.93. The first-order chi connectivity index (χ1) is 9.95. The molecule has 122 valence electrons. The van der Waals surface area contributed by atoms with E-state index in [-0.39, 0.29) is 11.8 Å². The Labute approximate surface area is 127 Å². The highest BCUT2D eigenvalue weighted by molar-refractivity contribution is 5.78. The van der Waals surface area contributed by atoms with Crippen LogP contribution >= 0.6 is 0 Å². The number of carbonyl (C=O) groups excluding carboxylic acids is 2. The molecule has 2 amide bonds. The Morgan fingerprint density at radius 3 is 2.38 bits per heavy atom. The summed E-state index contributed by atoms with van der Waals surface area (Å²) in [5.41, 5.74) is 0.